The molecular weight excluding hydrogens is 609 g/mol. The molecule has 2 saturated heterocycles. The van der Waals surface area contributed by atoms with Crippen LogP contribution in [0.25, 0.3) is 21.5 Å². The second-order valence-corrected chi connectivity index (χ2v) is 16.9. The molecule has 0 amide bonds. The van der Waals surface area contributed by atoms with Gasteiger partial charge in [-0.1, -0.05) is 44.0 Å². The fraction of sp³-hybridized carbons (Fsp3) is 0.579. The van der Waals surface area contributed by atoms with Crippen LogP contribution < -0.4 is 0 Å². The standard InChI is InChI=1S/C38H52N4O2S2/c1-8-10-28-11-12-32(28)39-27(6)38(7,9-2)33-22-31-34(35(40-37(31)45-33)29-20-24(3)19-25(4)21-29)36(43)26(5)41-14-16-42(17-15-41)30-13-18-46(44)23-30/h19-22,26,28,30,40H,6,8-18,23H2,1-5,7H3. The van der Waals surface area contributed by atoms with E-state index in [9.17, 15) is 9.00 Å². The summed E-state index contributed by atoms with van der Waals surface area (Å²) < 4.78 is 12.0. The molecule has 1 aliphatic carbocycles. The summed E-state index contributed by atoms with van der Waals surface area (Å²) in [4.78, 5) is 30.7. The molecule has 46 heavy (non-hydrogen) atoms. The number of piperazine rings is 1. The zero-order valence-electron chi connectivity index (χ0n) is 28.7. The molecule has 1 aromatic carbocycles. The van der Waals surface area contributed by atoms with E-state index in [0.717, 1.165) is 89.7 Å². The largest absolute Gasteiger partial charge is 0.346 e. The Morgan fingerprint density at radius 1 is 1.13 bits per heavy atom. The summed E-state index contributed by atoms with van der Waals surface area (Å²) >= 11 is 1.76. The van der Waals surface area contributed by atoms with Gasteiger partial charge < -0.3 is 4.98 Å². The third-order valence-electron chi connectivity index (χ3n) is 11.1. The van der Waals surface area contributed by atoms with Gasteiger partial charge >= 0.3 is 0 Å². The summed E-state index contributed by atoms with van der Waals surface area (Å²) in [7, 11) is -0.674. The summed E-state index contributed by atoms with van der Waals surface area (Å²) in [6, 6.07) is 9.01. The van der Waals surface area contributed by atoms with E-state index >= 15 is 0 Å². The molecule has 3 fully saturated rings. The van der Waals surface area contributed by atoms with Gasteiger partial charge in [0.15, 0.2) is 5.78 Å². The molecule has 0 bridgehead atoms. The summed E-state index contributed by atoms with van der Waals surface area (Å²) in [5.74, 6) is 2.40. The average molecular weight is 661 g/mol. The molecule has 248 valence electrons. The molecule has 2 aromatic heterocycles. The lowest BCUT2D eigenvalue weighted by atomic mass is 9.78. The van der Waals surface area contributed by atoms with E-state index in [1.54, 1.807) is 11.3 Å². The zero-order valence-corrected chi connectivity index (χ0v) is 30.3. The quantitative estimate of drug-likeness (QED) is 0.211. The first-order valence-corrected chi connectivity index (χ1v) is 19.7. The highest BCUT2D eigenvalue weighted by atomic mass is 32.2. The van der Waals surface area contributed by atoms with Crippen LogP contribution in [-0.4, -0.2) is 80.3 Å². The minimum absolute atomic E-state index is 0.175. The molecule has 6 nitrogen and oxygen atoms in total. The molecule has 3 aromatic rings. The molecule has 6 rings (SSSR count). The van der Waals surface area contributed by atoms with Crippen LogP contribution in [0.1, 0.15) is 92.6 Å². The number of rotatable bonds is 11. The third-order valence-corrected chi connectivity index (χ3v) is 13.9. The number of carbonyl (C=O) groups excluding carboxylic acids is 1. The lowest BCUT2D eigenvalue weighted by Crippen LogP contribution is -2.54. The highest BCUT2D eigenvalue weighted by Gasteiger charge is 2.37. The number of nitrogens with zero attached hydrogens (tertiary/aromatic N) is 3. The van der Waals surface area contributed by atoms with Crippen molar-refractivity contribution in [2.45, 2.75) is 97.6 Å². The number of nitrogens with one attached hydrogen (secondary N) is 1. The molecular formula is C38H52N4O2S2. The van der Waals surface area contributed by atoms with Crippen LogP contribution in [0.3, 0.4) is 0 Å². The number of thiophene rings is 1. The number of fused-ring (bicyclic) bond motifs is 1. The Hall–Kier alpha value is -2.39. The number of ketones is 1. The number of benzene rings is 1. The van der Waals surface area contributed by atoms with Crippen LogP contribution >= 0.6 is 11.3 Å². The van der Waals surface area contributed by atoms with Crippen molar-refractivity contribution in [3.8, 4) is 11.3 Å². The van der Waals surface area contributed by atoms with Gasteiger partial charge in [-0.25, -0.2) is 0 Å². The number of allylic oxidation sites excluding steroid dienone is 1. The van der Waals surface area contributed by atoms with E-state index in [2.05, 4.69) is 87.2 Å². The Balaban J connectivity index is 1.33. The molecule has 4 heterocycles. The van der Waals surface area contributed by atoms with Crippen molar-refractivity contribution in [1.29, 1.82) is 0 Å². The SMILES string of the molecule is C=C(N=C1CCC1CCC)C(C)(CC)c1cc2c(C(=O)C(C)N3CCN(C4CCS(=O)C4)CC3)c(-c3cc(C)cc(C)c3)[nH]c2s1. The van der Waals surface area contributed by atoms with Crippen LogP contribution in [-0.2, 0) is 16.2 Å². The van der Waals surface area contributed by atoms with E-state index < -0.39 is 10.8 Å². The van der Waals surface area contributed by atoms with Crippen molar-refractivity contribution >= 4 is 43.8 Å². The second-order valence-electron chi connectivity index (χ2n) is 14.2. The molecule has 1 N–H and O–H groups in total. The van der Waals surface area contributed by atoms with Gasteiger partial charge in [0.2, 0.25) is 0 Å². The number of aromatic nitrogens is 1. The molecule has 2 aliphatic heterocycles. The average Bonchev–Trinajstić information content (AvgIpc) is 3.75. The maximum Gasteiger partial charge on any atom is 0.182 e. The fourth-order valence-corrected chi connectivity index (χ4v) is 10.6. The zero-order chi connectivity index (χ0) is 32.7. The Kier molecular flexibility index (Phi) is 9.92. The smallest absolute Gasteiger partial charge is 0.182 e. The van der Waals surface area contributed by atoms with Crippen molar-refractivity contribution in [3.63, 3.8) is 0 Å². The molecule has 0 radical (unpaired) electrons. The molecule has 0 spiro atoms. The Morgan fingerprint density at radius 2 is 1.85 bits per heavy atom. The van der Waals surface area contributed by atoms with E-state index in [4.69, 9.17) is 4.99 Å². The van der Waals surface area contributed by atoms with Gasteiger partial charge in [0, 0.05) is 81.6 Å². The van der Waals surface area contributed by atoms with E-state index in [1.165, 1.54) is 41.0 Å². The number of aromatic amines is 1. The summed E-state index contributed by atoms with van der Waals surface area (Å²) in [6.07, 6.45) is 6.64. The van der Waals surface area contributed by atoms with E-state index in [-0.39, 0.29) is 17.2 Å². The van der Waals surface area contributed by atoms with Crippen molar-refractivity contribution in [2.24, 2.45) is 10.9 Å². The van der Waals surface area contributed by atoms with Gasteiger partial charge in [-0.15, -0.1) is 11.3 Å². The molecule has 8 heteroatoms. The maximum absolute atomic E-state index is 14.7. The van der Waals surface area contributed by atoms with Crippen molar-refractivity contribution in [3.05, 3.63) is 58.1 Å². The van der Waals surface area contributed by atoms with Crippen LogP contribution in [0.5, 0.6) is 0 Å². The van der Waals surface area contributed by atoms with Crippen LogP contribution in [0.15, 0.2) is 41.5 Å². The first-order chi connectivity index (χ1) is 22.0. The monoisotopic (exact) mass is 660 g/mol. The van der Waals surface area contributed by atoms with Gasteiger partial charge in [-0.05, 0) is 89.5 Å². The minimum Gasteiger partial charge on any atom is -0.346 e. The number of hydrogen-bond acceptors (Lipinski definition) is 6. The Morgan fingerprint density at radius 3 is 2.43 bits per heavy atom. The topological polar surface area (TPSA) is 68.8 Å². The summed E-state index contributed by atoms with van der Waals surface area (Å²) in [5.41, 5.74) is 7.14. The van der Waals surface area contributed by atoms with Gasteiger partial charge in [0.25, 0.3) is 0 Å². The normalized spacial score (nSPS) is 25.5. The highest BCUT2D eigenvalue weighted by Crippen LogP contribution is 2.45. The molecule has 1 saturated carbocycles. The first-order valence-electron chi connectivity index (χ1n) is 17.4. The highest BCUT2D eigenvalue weighted by molar-refractivity contribution is 7.85. The fourth-order valence-electron chi connectivity index (χ4n) is 7.75. The van der Waals surface area contributed by atoms with Crippen LogP contribution in [0.4, 0.5) is 0 Å². The van der Waals surface area contributed by atoms with Crippen LogP contribution in [0, 0.1) is 19.8 Å². The predicted molar refractivity (Wildman–Crippen MR) is 196 cm³/mol. The molecule has 3 aliphatic rings. The third kappa shape index (κ3) is 6.39. The lowest BCUT2D eigenvalue weighted by Gasteiger charge is -2.39. The number of hydrogen-bond donors (Lipinski definition) is 1. The van der Waals surface area contributed by atoms with Gasteiger partial charge in [0.1, 0.15) is 4.83 Å². The van der Waals surface area contributed by atoms with Gasteiger partial charge in [-0.2, -0.15) is 0 Å². The Labute approximate surface area is 282 Å². The van der Waals surface area contributed by atoms with Gasteiger partial charge in [-0.3, -0.25) is 23.8 Å². The Bertz CT molecular complexity index is 1660. The predicted octanol–water partition coefficient (Wildman–Crippen LogP) is 8.06. The van der Waals surface area contributed by atoms with E-state index in [0.29, 0.717) is 12.0 Å². The van der Waals surface area contributed by atoms with Crippen LogP contribution in [0.2, 0.25) is 0 Å². The number of aliphatic imine (C=N–C) groups is 1. The van der Waals surface area contributed by atoms with Gasteiger partial charge in [0.05, 0.1) is 17.3 Å². The van der Waals surface area contributed by atoms with Crippen molar-refractivity contribution < 1.29 is 9.00 Å². The maximum atomic E-state index is 14.7. The molecule has 5 atom stereocenters. The van der Waals surface area contributed by atoms with Crippen molar-refractivity contribution in [1.82, 2.24) is 14.8 Å². The molecule has 5 unspecified atom stereocenters. The van der Waals surface area contributed by atoms with E-state index in [1.807, 2.05) is 0 Å². The lowest BCUT2D eigenvalue weighted by molar-refractivity contribution is 0.0628. The summed E-state index contributed by atoms with van der Waals surface area (Å²) in [6.45, 7) is 21.2. The minimum atomic E-state index is -0.674. The number of carbonyl (C=O) groups is 1. The number of Topliss-reactive ketones (excluding diaryl/α,β-unsaturated/α-hetero) is 1. The summed E-state index contributed by atoms with van der Waals surface area (Å²) in [5, 5.41) is 1.02. The number of aryl methyl sites for hydroxylation is 2. The van der Waals surface area contributed by atoms with Crippen molar-refractivity contribution in [2.75, 3.05) is 37.7 Å². The number of H-pyrrole nitrogens is 1. The second kappa shape index (κ2) is 13.6. The first kappa shape index (κ1) is 33.5.